The fraction of sp³-hybridized carbons (Fsp3) is 0.571. The molecule has 1 aliphatic rings. The quantitative estimate of drug-likeness (QED) is 0.806. The Hall–Kier alpha value is -0.770. The molecule has 0 aromatic heterocycles. The minimum absolute atomic E-state index is 0.352. The molecule has 0 amide bonds. The summed E-state index contributed by atoms with van der Waals surface area (Å²) in [5.74, 6) is 0.741. The molecule has 0 bridgehead atoms. The third kappa shape index (κ3) is 3.87. The van der Waals surface area contributed by atoms with Gasteiger partial charge in [0.25, 0.3) is 0 Å². The van der Waals surface area contributed by atoms with Crippen LogP contribution in [0.3, 0.4) is 0 Å². The van der Waals surface area contributed by atoms with E-state index in [1.807, 2.05) is 24.3 Å². The molecule has 1 N–H and O–H groups in total. The molecule has 2 unspecified atom stereocenters. The van der Waals surface area contributed by atoms with Gasteiger partial charge >= 0.3 is 0 Å². The molecular formula is C14H20ClNO2. The summed E-state index contributed by atoms with van der Waals surface area (Å²) in [4.78, 5) is 0. The summed E-state index contributed by atoms with van der Waals surface area (Å²) in [5, 5.41) is 4.08. The second kappa shape index (κ2) is 6.98. The Labute approximate surface area is 113 Å². The molecule has 100 valence electrons. The van der Waals surface area contributed by atoms with Crippen LogP contribution in [0.4, 0.5) is 0 Å². The first-order chi connectivity index (χ1) is 8.77. The molecule has 2 atom stereocenters. The van der Waals surface area contributed by atoms with Crippen molar-refractivity contribution in [3.63, 3.8) is 0 Å². The average molecular weight is 270 g/mol. The second-order valence-electron chi connectivity index (χ2n) is 4.57. The Morgan fingerprint density at radius 2 is 2.33 bits per heavy atom. The first-order valence-electron chi connectivity index (χ1n) is 6.49. The number of hydrogen-bond acceptors (Lipinski definition) is 3. The fourth-order valence-corrected chi connectivity index (χ4v) is 2.33. The van der Waals surface area contributed by atoms with Crippen molar-refractivity contribution in [3.8, 4) is 5.75 Å². The van der Waals surface area contributed by atoms with Gasteiger partial charge in [-0.25, -0.2) is 0 Å². The lowest BCUT2D eigenvalue weighted by Gasteiger charge is -2.20. The molecule has 18 heavy (non-hydrogen) atoms. The third-order valence-electron chi connectivity index (χ3n) is 3.19. The van der Waals surface area contributed by atoms with Crippen LogP contribution in [-0.2, 0) is 4.74 Å². The minimum atomic E-state index is 0.352. The zero-order valence-corrected chi connectivity index (χ0v) is 11.5. The highest BCUT2D eigenvalue weighted by Crippen LogP contribution is 2.22. The smallest absolute Gasteiger partial charge is 0.137 e. The Morgan fingerprint density at radius 3 is 3.06 bits per heavy atom. The van der Waals surface area contributed by atoms with Gasteiger partial charge in [0, 0.05) is 19.2 Å². The molecule has 3 nitrogen and oxygen atoms in total. The van der Waals surface area contributed by atoms with Crippen molar-refractivity contribution in [1.82, 2.24) is 5.32 Å². The summed E-state index contributed by atoms with van der Waals surface area (Å²) in [6, 6.07) is 7.91. The minimum Gasteiger partial charge on any atom is -0.491 e. The van der Waals surface area contributed by atoms with Gasteiger partial charge in [0.15, 0.2) is 0 Å². The van der Waals surface area contributed by atoms with Gasteiger partial charge in [0.05, 0.1) is 11.1 Å². The van der Waals surface area contributed by atoms with Crippen LogP contribution in [0.25, 0.3) is 0 Å². The maximum absolute atomic E-state index is 6.00. The number of rotatable bonds is 6. The van der Waals surface area contributed by atoms with Crippen LogP contribution in [-0.4, -0.2) is 31.9 Å². The maximum Gasteiger partial charge on any atom is 0.137 e. The van der Waals surface area contributed by atoms with E-state index in [4.69, 9.17) is 21.1 Å². The van der Waals surface area contributed by atoms with E-state index in [1.165, 1.54) is 6.42 Å². The average Bonchev–Trinajstić information content (AvgIpc) is 2.90. The topological polar surface area (TPSA) is 30.5 Å². The van der Waals surface area contributed by atoms with Gasteiger partial charge in [-0.3, -0.25) is 0 Å². The van der Waals surface area contributed by atoms with Crippen LogP contribution in [0.1, 0.15) is 19.8 Å². The van der Waals surface area contributed by atoms with Crippen molar-refractivity contribution < 1.29 is 9.47 Å². The van der Waals surface area contributed by atoms with E-state index < -0.39 is 0 Å². The first-order valence-corrected chi connectivity index (χ1v) is 6.87. The second-order valence-corrected chi connectivity index (χ2v) is 4.98. The van der Waals surface area contributed by atoms with Crippen molar-refractivity contribution >= 4 is 11.6 Å². The van der Waals surface area contributed by atoms with Gasteiger partial charge in [0.1, 0.15) is 12.4 Å². The monoisotopic (exact) mass is 269 g/mol. The van der Waals surface area contributed by atoms with Crippen LogP contribution in [0.2, 0.25) is 5.02 Å². The molecule has 0 saturated carbocycles. The SMILES string of the molecule is CC(NCCOc1ccccc1Cl)C1CCCO1. The number of nitrogens with one attached hydrogen (secondary N) is 1. The highest BCUT2D eigenvalue weighted by atomic mass is 35.5. The van der Waals surface area contributed by atoms with E-state index in [0.717, 1.165) is 25.3 Å². The molecular weight excluding hydrogens is 250 g/mol. The fourth-order valence-electron chi connectivity index (χ4n) is 2.14. The lowest BCUT2D eigenvalue weighted by atomic mass is 10.1. The van der Waals surface area contributed by atoms with Crippen molar-refractivity contribution in [2.24, 2.45) is 0 Å². The van der Waals surface area contributed by atoms with Crippen molar-refractivity contribution in [2.75, 3.05) is 19.8 Å². The molecule has 1 aliphatic heterocycles. The predicted octanol–water partition coefficient (Wildman–Crippen LogP) is 2.88. The Morgan fingerprint density at radius 1 is 1.50 bits per heavy atom. The van der Waals surface area contributed by atoms with Gasteiger partial charge in [0.2, 0.25) is 0 Å². The van der Waals surface area contributed by atoms with Crippen molar-refractivity contribution in [3.05, 3.63) is 29.3 Å². The van der Waals surface area contributed by atoms with Crippen LogP contribution >= 0.6 is 11.6 Å². The van der Waals surface area contributed by atoms with Gasteiger partial charge in [-0.15, -0.1) is 0 Å². The van der Waals surface area contributed by atoms with Gasteiger partial charge in [-0.1, -0.05) is 23.7 Å². The predicted molar refractivity (Wildman–Crippen MR) is 73.4 cm³/mol. The Kier molecular flexibility index (Phi) is 5.29. The summed E-state index contributed by atoms with van der Waals surface area (Å²) >= 11 is 6.00. The van der Waals surface area contributed by atoms with Crippen LogP contribution in [0.15, 0.2) is 24.3 Å². The molecule has 0 aliphatic carbocycles. The number of ether oxygens (including phenoxy) is 2. The van der Waals surface area contributed by atoms with Crippen LogP contribution < -0.4 is 10.1 Å². The Balaban J connectivity index is 1.65. The standard InChI is InChI=1S/C14H20ClNO2/c1-11(13-7-4-9-17-13)16-8-10-18-14-6-3-2-5-12(14)15/h2-3,5-6,11,13,16H,4,7-10H2,1H3. The molecule has 1 aromatic rings. The van der Waals surface area contributed by atoms with Crippen molar-refractivity contribution in [1.29, 1.82) is 0 Å². The molecule has 2 rings (SSSR count). The maximum atomic E-state index is 6.00. The molecule has 0 radical (unpaired) electrons. The van der Waals surface area contributed by atoms with Gasteiger partial charge < -0.3 is 14.8 Å². The van der Waals surface area contributed by atoms with E-state index in [9.17, 15) is 0 Å². The zero-order valence-electron chi connectivity index (χ0n) is 10.7. The van der Waals surface area contributed by atoms with Crippen LogP contribution in [0.5, 0.6) is 5.75 Å². The summed E-state index contributed by atoms with van der Waals surface area (Å²) in [7, 11) is 0. The lowest BCUT2D eigenvalue weighted by Crippen LogP contribution is -2.39. The van der Waals surface area contributed by atoms with E-state index in [1.54, 1.807) is 0 Å². The van der Waals surface area contributed by atoms with Crippen molar-refractivity contribution in [2.45, 2.75) is 31.9 Å². The first kappa shape index (κ1) is 13.7. The van der Waals surface area contributed by atoms with Crippen LogP contribution in [0, 0.1) is 0 Å². The number of halogens is 1. The summed E-state index contributed by atoms with van der Waals surface area (Å²) < 4.78 is 11.2. The summed E-state index contributed by atoms with van der Waals surface area (Å²) in [5.41, 5.74) is 0. The van der Waals surface area contributed by atoms with E-state index in [-0.39, 0.29) is 0 Å². The normalized spacial score (nSPS) is 20.9. The summed E-state index contributed by atoms with van der Waals surface area (Å²) in [6.07, 6.45) is 2.68. The van der Waals surface area contributed by atoms with E-state index >= 15 is 0 Å². The molecule has 4 heteroatoms. The van der Waals surface area contributed by atoms with E-state index in [2.05, 4.69) is 12.2 Å². The highest BCUT2D eigenvalue weighted by molar-refractivity contribution is 6.32. The number of para-hydroxylation sites is 1. The van der Waals surface area contributed by atoms with Gasteiger partial charge in [-0.05, 0) is 31.9 Å². The summed E-state index contributed by atoms with van der Waals surface area (Å²) in [6.45, 7) is 4.46. The van der Waals surface area contributed by atoms with E-state index in [0.29, 0.717) is 23.8 Å². The number of benzene rings is 1. The number of hydrogen-bond donors (Lipinski definition) is 1. The molecule has 1 aromatic carbocycles. The highest BCUT2D eigenvalue weighted by Gasteiger charge is 2.21. The molecule has 1 saturated heterocycles. The molecule has 1 fully saturated rings. The lowest BCUT2D eigenvalue weighted by molar-refractivity contribution is 0.0824. The molecule has 0 spiro atoms. The Bertz CT molecular complexity index is 367. The zero-order chi connectivity index (χ0) is 12.8. The van der Waals surface area contributed by atoms with Gasteiger partial charge in [-0.2, -0.15) is 0 Å². The largest absolute Gasteiger partial charge is 0.491 e. The third-order valence-corrected chi connectivity index (χ3v) is 3.50. The molecule has 1 heterocycles.